The van der Waals surface area contributed by atoms with E-state index in [0.29, 0.717) is 31.0 Å². The Hall–Kier alpha value is -3.12. The van der Waals surface area contributed by atoms with Gasteiger partial charge in [0.05, 0.1) is 24.2 Å². The van der Waals surface area contributed by atoms with E-state index in [9.17, 15) is 19.2 Å². The van der Waals surface area contributed by atoms with Gasteiger partial charge in [0, 0.05) is 30.9 Å². The number of carbonyl (C=O) groups excluding carboxylic acids is 2. The van der Waals surface area contributed by atoms with Crippen molar-refractivity contribution in [1.82, 2.24) is 20.0 Å². The number of piperidine rings is 1. The van der Waals surface area contributed by atoms with Gasteiger partial charge in [0.15, 0.2) is 0 Å². The molecular weight excluding hydrogens is 521 g/mol. The smallest absolute Gasteiger partial charge is 0.408 e. The third-order valence-electron chi connectivity index (χ3n) is 9.77. The predicted molar refractivity (Wildman–Crippen MR) is 152 cm³/mol. The standard InChI is InChI=1S/C32H42FN5O3/c1-19(37-24(16-34)13-22-14-27(22)37)26(35-31(40)41-32(2,3)4)18-36-17-25-15-28(36)30(39)38(25)29(20-7-5-6-8-20)21-9-11-23(33)12-10-21/h9-12,20,22,24-29H,1,5-8,13-15,17-18H2,2-4H3,(H,35,40)/t22?,24?,25-,26?,27?,28?,29-/m0/s1. The quantitative estimate of drug-likeness (QED) is 0.492. The minimum Gasteiger partial charge on any atom is -0.444 e. The minimum absolute atomic E-state index is 0.0406. The second-order valence-electron chi connectivity index (χ2n) is 13.7. The molecule has 2 aliphatic carbocycles. The van der Waals surface area contributed by atoms with Gasteiger partial charge in [0.2, 0.25) is 5.91 Å². The van der Waals surface area contributed by atoms with Crippen LogP contribution in [0.5, 0.6) is 0 Å². The number of halogens is 1. The lowest BCUT2D eigenvalue weighted by atomic mass is 9.89. The van der Waals surface area contributed by atoms with Crippen LogP contribution in [0.4, 0.5) is 9.18 Å². The Balaban J connectivity index is 1.21. The van der Waals surface area contributed by atoms with Crippen LogP contribution in [0.1, 0.15) is 77.3 Å². The molecule has 0 spiro atoms. The van der Waals surface area contributed by atoms with Crippen molar-refractivity contribution in [3.8, 4) is 6.07 Å². The molecule has 9 heteroatoms. The van der Waals surface area contributed by atoms with Crippen molar-refractivity contribution in [3.05, 3.63) is 47.9 Å². The Morgan fingerprint density at radius 3 is 2.54 bits per heavy atom. The molecule has 8 nitrogen and oxygen atoms in total. The first kappa shape index (κ1) is 28.0. The molecule has 5 fully saturated rings. The molecule has 5 aliphatic rings. The molecule has 7 atom stereocenters. The lowest BCUT2D eigenvalue weighted by molar-refractivity contribution is -0.140. The van der Waals surface area contributed by atoms with Crippen molar-refractivity contribution < 1.29 is 18.7 Å². The zero-order valence-electron chi connectivity index (χ0n) is 24.4. The summed E-state index contributed by atoms with van der Waals surface area (Å²) < 4.78 is 19.4. The van der Waals surface area contributed by atoms with Gasteiger partial charge in [-0.2, -0.15) is 5.26 Å². The van der Waals surface area contributed by atoms with Crippen LogP contribution in [-0.2, 0) is 9.53 Å². The van der Waals surface area contributed by atoms with E-state index in [1.165, 1.54) is 12.1 Å². The molecule has 1 N–H and O–H groups in total. The summed E-state index contributed by atoms with van der Waals surface area (Å²) >= 11 is 0. The van der Waals surface area contributed by atoms with Crippen molar-refractivity contribution in [3.63, 3.8) is 0 Å². The SMILES string of the molecule is C=C(C(CN1C[C@@H]2CC1C(=O)N2[C@H](c1ccc(F)cc1)C1CCCC1)NC(=O)OC(C)(C)C)N1C(C#N)CC2CC21. The Morgan fingerprint density at radius 1 is 1.20 bits per heavy atom. The fourth-order valence-corrected chi connectivity index (χ4v) is 7.93. The highest BCUT2D eigenvalue weighted by atomic mass is 19.1. The zero-order chi connectivity index (χ0) is 29.1. The predicted octanol–water partition coefficient (Wildman–Crippen LogP) is 4.74. The fourth-order valence-electron chi connectivity index (χ4n) is 7.93. The molecule has 3 saturated heterocycles. The molecule has 2 saturated carbocycles. The van der Waals surface area contributed by atoms with E-state index in [2.05, 4.69) is 32.7 Å². The van der Waals surface area contributed by atoms with E-state index in [0.717, 1.165) is 56.2 Å². The summed E-state index contributed by atoms with van der Waals surface area (Å²) in [6.07, 6.45) is 6.55. The van der Waals surface area contributed by atoms with Gasteiger partial charge in [-0.25, -0.2) is 9.18 Å². The number of ether oxygens (including phenoxy) is 1. The molecule has 2 amide bonds. The van der Waals surface area contributed by atoms with Gasteiger partial charge in [0.1, 0.15) is 17.5 Å². The molecule has 0 aromatic heterocycles. The third-order valence-corrected chi connectivity index (χ3v) is 9.77. The third kappa shape index (κ3) is 5.43. The van der Waals surface area contributed by atoms with Crippen LogP contribution in [0.3, 0.4) is 0 Å². The fraction of sp³-hybridized carbons (Fsp3) is 0.656. The Morgan fingerprint density at radius 2 is 1.90 bits per heavy atom. The maximum Gasteiger partial charge on any atom is 0.408 e. The second kappa shape index (κ2) is 10.6. The monoisotopic (exact) mass is 563 g/mol. The number of hydrogen-bond donors (Lipinski definition) is 1. The topological polar surface area (TPSA) is 88.9 Å². The molecule has 5 unspecified atom stereocenters. The van der Waals surface area contributed by atoms with Crippen LogP contribution in [0.2, 0.25) is 0 Å². The van der Waals surface area contributed by atoms with Gasteiger partial charge in [-0.3, -0.25) is 9.69 Å². The summed E-state index contributed by atoms with van der Waals surface area (Å²) in [6.45, 7) is 11.0. The number of nitrogens with one attached hydrogen (secondary N) is 1. The first-order valence-electron chi connectivity index (χ1n) is 15.2. The van der Waals surface area contributed by atoms with Gasteiger partial charge >= 0.3 is 6.09 Å². The number of fused-ring (bicyclic) bond motifs is 3. The van der Waals surface area contributed by atoms with E-state index in [4.69, 9.17) is 4.74 Å². The molecule has 2 bridgehead atoms. The van der Waals surface area contributed by atoms with Crippen LogP contribution >= 0.6 is 0 Å². The molecule has 6 rings (SSSR count). The van der Waals surface area contributed by atoms with Crippen molar-refractivity contribution >= 4 is 12.0 Å². The van der Waals surface area contributed by atoms with Crippen molar-refractivity contribution in [2.45, 2.75) is 108 Å². The van der Waals surface area contributed by atoms with E-state index in [1.54, 1.807) is 0 Å². The van der Waals surface area contributed by atoms with Crippen LogP contribution in [0, 0.1) is 29.0 Å². The number of amides is 2. The first-order chi connectivity index (χ1) is 19.5. The number of carbonyl (C=O) groups is 2. The Kier molecular flexibility index (Phi) is 7.25. The lowest BCUT2D eigenvalue weighted by Crippen LogP contribution is -2.57. The van der Waals surface area contributed by atoms with Gasteiger partial charge in [-0.15, -0.1) is 0 Å². The second-order valence-corrected chi connectivity index (χ2v) is 13.7. The molecule has 3 aliphatic heterocycles. The molecule has 1 aromatic carbocycles. The van der Waals surface area contributed by atoms with Crippen molar-refractivity contribution in [2.24, 2.45) is 11.8 Å². The molecular formula is C32H42FN5O3. The van der Waals surface area contributed by atoms with Crippen LogP contribution < -0.4 is 5.32 Å². The number of nitriles is 1. The van der Waals surface area contributed by atoms with Crippen molar-refractivity contribution in [2.75, 3.05) is 13.1 Å². The number of rotatable bonds is 8. The molecule has 41 heavy (non-hydrogen) atoms. The Bertz CT molecular complexity index is 1230. The van der Waals surface area contributed by atoms with Crippen LogP contribution in [-0.4, -0.2) is 75.6 Å². The maximum atomic E-state index is 14.0. The summed E-state index contributed by atoms with van der Waals surface area (Å²) in [7, 11) is 0. The minimum atomic E-state index is -0.654. The van der Waals surface area contributed by atoms with Crippen LogP contribution in [0.25, 0.3) is 0 Å². The van der Waals surface area contributed by atoms with Crippen molar-refractivity contribution in [1.29, 1.82) is 5.26 Å². The average molecular weight is 564 g/mol. The lowest BCUT2D eigenvalue weighted by Gasteiger charge is -2.43. The molecule has 3 heterocycles. The van der Waals surface area contributed by atoms with Gasteiger partial charge in [0.25, 0.3) is 0 Å². The van der Waals surface area contributed by atoms with E-state index >= 15 is 0 Å². The molecule has 220 valence electrons. The number of hydrogen-bond acceptors (Lipinski definition) is 6. The van der Waals surface area contributed by atoms with E-state index in [-0.39, 0.29) is 35.9 Å². The highest BCUT2D eigenvalue weighted by Gasteiger charge is 2.56. The van der Waals surface area contributed by atoms with Gasteiger partial charge < -0.3 is 19.9 Å². The summed E-state index contributed by atoms with van der Waals surface area (Å²) in [6, 6.07) is 8.40. The largest absolute Gasteiger partial charge is 0.444 e. The number of benzene rings is 1. The highest BCUT2D eigenvalue weighted by molar-refractivity contribution is 5.86. The maximum absolute atomic E-state index is 14.0. The summed E-state index contributed by atoms with van der Waals surface area (Å²) in [5.41, 5.74) is 1.08. The average Bonchev–Trinajstić information content (AvgIpc) is 3.34. The number of likely N-dealkylation sites (tertiary alicyclic amines) is 3. The highest BCUT2D eigenvalue weighted by Crippen LogP contribution is 2.50. The summed E-state index contributed by atoms with van der Waals surface area (Å²) in [5.74, 6) is 0.735. The molecule has 0 radical (unpaired) electrons. The molecule has 1 aromatic rings. The van der Waals surface area contributed by atoms with Gasteiger partial charge in [-0.1, -0.05) is 31.6 Å². The zero-order valence-corrected chi connectivity index (χ0v) is 24.4. The number of alkyl carbamates (subject to hydrolysis) is 1. The summed E-state index contributed by atoms with van der Waals surface area (Å²) in [5, 5.41) is 12.8. The van der Waals surface area contributed by atoms with E-state index in [1.807, 2.05) is 32.9 Å². The van der Waals surface area contributed by atoms with E-state index < -0.39 is 17.7 Å². The number of piperazine rings is 1. The van der Waals surface area contributed by atoms with Gasteiger partial charge in [-0.05, 0) is 82.4 Å². The number of nitrogens with zero attached hydrogens (tertiary/aromatic N) is 4. The van der Waals surface area contributed by atoms with Crippen LogP contribution in [0.15, 0.2) is 36.5 Å². The first-order valence-corrected chi connectivity index (χ1v) is 15.2. The normalized spacial score (nSPS) is 30.7. The Labute approximate surface area is 242 Å². The summed E-state index contributed by atoms with van der Waals surface area (Å²) in [4.78, 5) is 33.3.